The molecule has 1 aliphatic rings. The standard InChI is InChI=1S/C15H24N4O/c1-2-3-10-19(11-12-6-5-9-17-12)14-8-4-7-13(18-14)15(16)20/h4,7-8,12,17H,2-3,5-6,9-11H2,1H3,(H2,16,20). The van der Waals surface area contributed by atoms with Crippen LogP contribution < -0.4 is 16.0 Å². The lowest BCUT2D eigenvalue weighted by atomic mass is 10.2. The monoisotopic (exact) mass is 276 g/mol. The second-order valence-electron chi connectivity index (χ2n) is 5.34. The van der Waals surface area contributed by atoms with Crippen molar-refractivity contribution in [2.24, 2.45) is 5.73 Å². The van der Waals surface area contributed by atoms with E-state index in [-0.39, 0.29) is 0 Å². The first-order valence-electron chi connectivity index (χ1n) is 7.46. The molecule has 1 atom stereocenters. The number of primary amides is 1. The Morgan fingerprint density at radius 1 is 1.55 bits per heavy atom. The number of nitrogens with zero attached hydrogens (tertiary/aromatic N) is 2. The summed E-state index contributed by atoms with van der Waals surface area (Å²) in [4.78, 5) is 17.9. The van der Waals surface area contributed by atoms with Crippen LogP contribution in [-0.4, -0.2) is 36.6 Å². The molecular weight excluding hydrogens is 252 g/mol. The molecule has 3 N–H and O–H groups in total. The van der Waals surface area contributed by atoms with Crippen molar-refractivity contribution in [3.05, 3.63) is 23.9 Å². The zero-order chi connectivity index (χ0) is 14.4. The number of hydrogen-bond donors (Lipinski definition) is 2. The molecule has 1 unspecified atom stereocenters. The number of hydrogen-bond acceptors (Lipinski definition) is 4. The van der Waals surface area contributed by atoms with E-state index in [9.17, 15) is 4.79 Å². The number of anilines is 1. The number of aromatic nitrogens is 1. The number of unbranched alkanes of at least 4 members (excludes halogenated alkanes) is 1. The summed E-state index contributed by atoms with van der Waals surface area (Å²) in [5.74, 6) is 0.379. The molecule has 1 saturated heterocycles. The van der Waals surface area contributed by atoms with Crippen LogP contribution in [0.2, 0.25) is 0 Å². The maximum Gasteiger partial charge on any atom is 0.267 e. The number of amides is 1. The van der Waals surface area contributed by atoms with Crippen LogP contribution >= 0.6 is 0 Å². The predicted octanol–water partition coefficient (Wildman–Crippen LogP) is 1.54. The minimum Gasteiger partial charge on any atom is -0.364 e. The van der Waals surface area contributed by atoms with Crippen molar-refractivity contribution in [1.82, 2.24) is 10.3 Å². The van der Waals surface area contributed by atoms with Gasteiger partial charge in [-0.2, -0.15) is 0 Å². The Hall–Kier alpha value is -1.62. The minimum atomic E-state index is -0.471. The van der Waals surface area contributed by atoms with Crippen molar-refractivity contribution in [2.45, 2.75) is 38.6 Å². The fraction of sp³-hybridized carbons (Fsp3) is 0.600. The van der Waals surface area contributed by atoms with E-state index in [1.807, 2.05) is 12.1 Å². The van der Waals surface area contributed by atoms with E-state index in [0.29, 0.717) is 11.7 Å². The van der Waals surface area contributed by atoms with Gasteiger partial charge in [-0.05, 0) is 37.9 Å². The van der Waals surface area contributed by atoms with E-state index in [1.54, 1.807) is 6.07 Å². The number of carbonyl (C=O) groups excluding carboxylic acids is 1. The highest BCUT2D eigenvalue weighted by atomic mass is 16.1. The van der Waals surface area contributed by atoms with Gasteiger partial charge in [-0.15, -0.1) is 0 Å². The molecule has 1 amide bonds. The van der Waals surface area contributed by atoms with Crippen LogP contribution in [0.25, 0.3) is 0 Å². The van der Waals surface area contributed by atoms with Crippen molar-refractivity contribution in [3.63, 3.8) is 0 Å². The number of nitrogens with one attached hydrogen (secondary N) is 1. The van der Waals surface area contributed by atoms with Gasteiger partial charge in [0, 0.05) is 19.1 Å². The maximum atomic E-state index is 11.3. The summed E-state index contributed by atoms with van der Waals surface area (Å²) in [7, 11) is 0. The first kappa shape index (κ1) is 14.8. The lowest BCUT2D eigenvalue weighted by molar-refractivity contribution is 0.0995. The molecule has 0 aliphatic carbocycles. The fourth-order valence-corrected chi connectivity index (χ4v) is 2.56. The lowest BCUT2D eigenvalue weighted by Crippen LogP contribution is -2.38. The van der Waals surface area contributed by atoms with Gasteiger partial charge >= 0.3 is 0 Å². The molecule has 5 nitrogen and oxygen atoms in total. The average molecular weight is 276 g/mol. The van der Waals surface area contributed by atoms with E-state index in [4.69, 9.17) is 5.73 Å². The summed E-state index contributed by atoms with van der Waals surface area (Å²) in [6.45, 7) is 5.18. The van der Waals surface area contributed by atoms with Gasteiger partial charge in [-0.1, -0.05) is 19.4 Å². The van der Waals surface area contributed by atoms with Crippen LogP contribution in [0.1, 0.15) is 43.1 Å². The van der Waals surface area contributed by atoms with Gasteiger partial charge in [0.2, 0.25) is 0 Å². The average Bonchev–Trinajstić information content (AvgIpc) is 2.96. The number of rotatable bonds is 7. The summed E-state index contributed by atoms with van der Waals surface area (Å²) in [6.07, 6.45) is 4.71. The van der Waals surface area contributed by atoms with Gasteiger partial charge in [-0.25, -0.2) is 4.98 Å². The van der Waals surface area contributed by atoms with Gasteiger partial charge in [0.1, 0.15) is 11.5 Å². The van der Waals surface area contributed by atoms with Crippen LogP contribution in [0.4, 0.5) is 5.82 Å². The summed E-state index contributed by atoms with van der Waals surface area (Å²) >= 11 is 0. The van der Waals surface area contributed by atoms with E-state index in [2.05, 4.69) is 22.1 Å². The highest BCUT2D eigenvalue weighted by molar-refractivity contribution is 5.91. The molecule has 5 heteroatoms. The Labute approximate surface area is 120 Å². The highest BCUT2D eigenvalue weighted by Crippen LogP contribution is 2.16. The molecule has 0 radical (unpaired) electrons. The predicted molar refractivity (Wildman–Crippen MR) is 80.9 cm³/mol. The molecule has 1 aliphatic heterocycles. The van der Waals surface area contributed by atoms with Crippen LogP contribution in [0.15, 0.2) is 18.2 Å². The van der Waals surface area contributed by atoms with Crippen molar-refractivity contribution < 1.29 is 4.79 Å². The number of pyridine rings is 1. The molecule has 20 heavy (non-hydrogen) atoms. The third kappa shape index (κ3) is 3.93. The normalized spacial score (nSPS) is 18.1. The quantitative estimate of drug-likeness (QED) is 0.792. The highest BCUT2D eigenvalue weighted by Gasteiger charge is 2.19. The second-order valence-corrected chi connectivity index (χ2v) is 5.34. The largest absolute Gasteiger partial charge is 0.364 e. The van der Waals surface area contributed by atoms with Crippen molar-refractivity contribution in [1.29, 1.82) is 0 Å². The molecule has 110 valence electrons. The Balaban J connectivity index is 2.11. The van der Waals surface area contributed by atoms with E-state index in [0.717, 1.165) is 38.3 Å². The summed E-state index contributed by atoms with van der Waals surface area (Å²) < 4.78 is 0. The Kier molecular flexibility index (Phi) is 5.35. The zero-order valence-electron chi connectivity index (χ0n) is 12.1. The molecule has 0 saturated carbocycles. The molecule has 1 aromatic heterocycles. The summed E-state index contributed by atoms with van der Waals surface area (Å²) in [5.41, 5.74) is 5.65. The van der Waals surface area contributed by atoms with Gasteiger partial charge in [0.15, 0.2) is 0 Å². The van der Waals surface area contributed by atoms with Crippen LogP contribution in [0.3, 0.4) is 0 Å². The van der Waals surface area contributed by atoms with Crippen LogP contribution in [0.5, 0.6) is 0 Å². The van der Waals surface area contributed by atoms with E-state index in [1.165, 1.54) is 12.8 Å². The van der Waals surface area contributed by atoms with Gasteiger partial charge in [0.25, 0.3) is 5.91 Å². The van der Waals surface area contributed by atoms with Crippen LogP contribution in [-0.2, 0) is 0 Å². The molecule has 0 aromatic carbocycles. The van der Waals surface area contributed by atoms with Crippen molar-refractivity contribution in [2.75, 3.05) is 24.5 Å². The Bertz CT molecular complexity index is 443. The van der Waals surface area contributed by atoms with E-state index >= 15 is 0 Å². The molecule has 0 bridgehead atoms. The van der Waals surface area contributed by atoms with Gasteiger partial charge < -0.3 is 16.0 Å². The summed E-state index contributed by atoms with van der Waals surface area (Å²) in [5, 5.41) is 3.51. The molecule has 1 fully saturated rings. The second kappa shape index (κ2) is 7.24. The molecular formula is C15H24N4O. The molecule has 1 aromatic rings. The first-order valence-corrected chi connectivity index (χ1v) is 7.46. The Morgan fingerprint density at radius 3 is 3.05 bits per heavy atom. The topological polar surface area (TPSA) is 71.2 Å². The maximum absolute atomic E-state index is 11.3. The first-order chi connectivity index (χ1) is 9.70. The zero-order valence-corrected chi connectivity index (χ0v) is 12.1. The lowest BCUT2D eigenvalue weighted by Gasteiger charge is -2.27. The SMILES string of the molecule is CCCCN(CC1CCCN1)c1cccc(C(N)=O)n1. The van der Waals surface area contributed by atoms with Crippen molar-refractivity contribution >= 4 is 11.7 Å². The third-order valence-electron chi connectivity index (χ3n) is 3.70. The van der Waals surface area contributed by atoms with Gasteiger partial charge in [-0.3, -0.25) is 4.79 Å². The summed E-state index contributed by atoms with van der Waals surface area (Å²) in [6, 6.07) is 5.99. The van der Waals surface area contributed by atoms with Gasteiger partial charge in [0.05, 0.1) is 0 Å². The molecule has 2 rings (SSSR count). The minimum absolute atomic E-state index is 0.336. The number of nitrogens with two attached hydrogens (primary N) is 1. The molecule has 2 heterocycles. The van der Waals surface area contributed by atoms with E-state index < -0.39 is 5.91 Å². The van der Waals surface area contributed by atoms with Crippen LogP contribution in [0, 0.1) is 0 Å². The smallest absolute Gasteiger partial charge is 0.267 e. The fourth-order valence-electron chi connectivity index (χ4n) is 2.56. The van der Waals surface area contributed by atoms with Crippen molar-refractivity contribution in [3.8, 4) is 0 Å². The Morgan fingerprint density at radius 2 is 2.40 bits per heavy atom. The number of carbonyl (C=O) groups is 1. The third-order valence-corrected chi connectivity index (χ3v) is 3.70. The molecule has 0 spiro atoms.